The van der Waals surface area contributed by atoms with E-state index in [9.17, 15) is 0 Å². The summed E-state index contributed by atoms with van der Waals surface area (Å²) in [6.45, 7) is 4.29. The van der Waals surface area contributed by atoms with E-state index in [1.807, 2.05) is 0 Å². The molecule has 0 bridgehead atoms. The molecule has 0 saturated carbocycles. The van der Waals surface area contributed by atoms with Crippen molar-refractivity contribution in [2.75, 3.05) is 0 Å². The molecular formula is C9H10BrI. The Morgan fingerprint density at radius 1 is 1.45 bits per heavy atom. The van der Waals surface area contributed by atoms with Gasteiger partial charge in [-0.15, -0.1) is 0 Å². The highest BCUT2D eigenvalue weighted by molar-refractivity contribution is 14.1. The van der Waals surface area contributed by atoms with Crippen LogP contribution in [0.15, 0.2) is 18.2 Å². The fraction of sp³-hybridized carbons (Fsp3) is 0.333. The van der Waals surface area contributed by atoms with E-state index in [0.717, 1.165) is 0 Å². The SMILES string of the molecule is Cc1ccc(I)cc1C(C)Br. The van der Waals surface area contributed by atoms with Gasteiger partial charge in [0.2, 0.25) is 0 Å². The van der Waals surface area contributed by atoms with E-state index in [0.29, 0.717) is 4.83 Å². The van der Waals surface area contributed by atoms with E-state index >= 15 is 0 Å². The summed E-state index contributed by atoms with van der Waals surface area (Å²) in [5.41, 5.74) is 2.74. The summed E-state index contributed by atoms with van der Waals surface area (Å²) in [7, 11) is 0. The maximum Gasteiger partial charge on any atom is 0.0370 e. The van der Waals surface area contributed by atoms with Crippen molar-refractivity contribution in [2.45, 2.75) is 18.7 Å². The van der Waals surface area contributed by atoms with Gasteiger partial charge < -0.3 is 0 Å². The van der Waals surface area contributed by atoms with E-state index in [4.69, 9.17) is 0 Å². The third-order valence-electron chi connectivity index (χ3n) is 1.67. The van der Waals surface area contributed by atoms with E-state index in [1.165, 1.54) is 14.7 Å². The quantitative estimate of drug-likeness (QED) is 0.540. The van der Waals surface area contributed by atoms with Gasteiger partial charge in [-0.3, -0.25) is 0 Å². The molecule has 0 spiro atoms. The topological polar surface area (TPSA) is 0 Å². The molecule has 1 atom stereocenters. The molecule has 0 aliphatic carbocycles. The molecule has 2 heteroatoms. The van der Waals surface area contributed by atoms with Crippen molar-refractivity contribution in [3.63, 3.8) is 0 Å². The average Bonchev–Trinajstić information content (AvgIpc) is 1.94. The van der Waals surface area contributed by atoms with Gasteiger partial charge in [-0.05, 0) is 59.7 Å². The molecule has 1 aromatic rings. The second-order valence-electron chi connectivity index (χ2n) is 2.62. The zero-order chi connectivity index (χ0) is 8.43. The highest BCUT2D eigenvalue weighted by Crippen LogP contribution is 2.26. The number of rotatable bonds is 1. The van der Waals surface area contributed by atoms with Crippen LogP contribution in [0.25, 0.3) is 0 Å². The van der Waals surface area contributed by atoms with E-state index in [2.05, 4.69) is 70.6 Å². The second-order valence-corrected chi connectivity index (χ2v) is 5.24. The fourth-order valence-electron chi connectivity index (χ4n) is 1.04. The number of aryl methyl sites for hydroxylation is 1. The van der Waals surface area contributed by atoms with Crippen LogP contribution in [0.5, 0.6) is 0 Å². The normalized spacial score (nSPS) is 13.1. The molecule has 0 fully saturated rings. The molecule has 0 radical (unpaired) electrons. The summed E-state index contributed by atoms with van der Waals surface area (Å²) >= 11 is 5.90. The van der Waals surface area contributed by atoms with Gasteiger partial charge in [-0.25, -0.2) is 0 Å². The van der Waals surface area contributed by atoms with Gasteiger partial charge in [0.15, 0.2) is 0 Å². The van der Waals surface area contributed by atoms with Gasteiger partial charge in [0.1, 0.15) is 0 Å². The van der Waals surface area contributed by atoms with Crippen molar-refractivity contribution in [3.8, 4) is 0 Å². The Balaban J connectivity index is 3.13. The monoisotopic (exact) mass is 324 g/mol. The fourth-order valence-corrected chi connectivity index (χ4v) is 2.05. The van der Waals surface area contributed by atoms with Gasteiger partial charge in [0, 0.05) is 8.40 Å². The molecule has 0 nitrogen and oxygen atoms in total. The second kappa shape index (κ2) is 3.90. The van der Waals surface area contributed by atoms with Crippen LogP contribution in [0.2, 0.25) is 0 Å². The van der Waals surface area contributed by atoms with Crippen molar-refractivity contribution < 1.29 is 0 Å². The highest BCUT2D eigenvalue weighted by atomic mass is 127. The Morgan fingerprint density at radius 2 is 2.09 bits per heavy atom. The zero-order valence-corrected chi connectivity index (χ0v) is 10.3. The minimum atomic E-state index is 0.456. The third-order valence-corrected chi connectivity index (χ3v) is 2.83. The highest BCUT2D eigenvalue weighted by Gasteiger charge is 2.03. The molecule has 0 N–H and O–H groups in total. The van der Waals surface area contributed by atoms with Crippen molar-refractivity contribution in [1.82, 2.24) is 0 Å². The first-order valence-electron chi connectivity index (χ1n) is 3.51. The molecule has 0 heterocycles. The van der Waals surface area contributed by atoms with Crippen LogP contribution in [-0.2, 0) is 0 Å². The van der Waals surface area contributed by atoms with Crippen molar-refractivity contribution in [3.05, 3.63) is 32.9 Å². The van der Waals surface area contributed by atoms with Gasteiger partial charge >= 0.3 is 0 Å². The molecule has 1 rings (SSSR count). The Labute approximate surface area is 89.7 Å². The van der Waals surface area contributed by atoms with Crippen LogP contribution in [0.3, 0.4) is 0 Å². The maximum absolute atomic E-state index is 3.56. The van der Waals surface area contributed by atoms with Gasteiger partial charge in [0.25, 0.3) is 0 Å². The number of hydrogen-bond acceptors (Lipinski definition) is 0. The lowest BCUT2D eigenvalue weighted by molar-refractivity contribution is 1.09. The first-order valence-corrected chi connectivity index (χ1v) is 5.51. The molecule has 11 heavy (non-hydrogen) atoms. The molecule has 1 unspecified atom stereocenters. The predicted molar refractivity (Wildman–Crippen MR) is 61.2 cm³/mol. The average molecular weight is 325 g/mol. The van der Waals surface area contributed by atoms with Crippen molar-refractivity contribution >= 4 is 38.5 Å². The minimum Gasteiger partial charge on any atom is -0.0842 e. The Morgan fingerprint density at radius 3 is 2.55 bits per heavy atom. The lowest BCUT2D eigenvalue weighted by Gasteiger charge is -2.07. The molecular weight excluding hydrogens is 315 g/mol. The third kappa shape index (κ3) is 2.44. The van der Waals surface area contributed by atoms with Crippen LogP contribution < -0.4 is 0 Å². The summed E-state index contributed by atoms with van der Waals surface area (Å²) in [6, 6.07) is 6.51. The standard InChI is InChI=1S/C9H10BrI/c1-6-3-4-8(11)5-9(6)7(2)10/h3-5,7H,1-2H3. The summed E-state index contributed by atoms with van der Waals surface area (Å²) < 4.78 is 1.30. The summed E-state index contributed by atoms with van der Waals surface area (Å²) in [6.07, 6.45) is 0. The smallest absolute Gasteiger partial charge is 0.0370 e. The van der Waals surface area contributed by atoms with Crippen LogP contribution in [0.4, 0.5) is 0 Å². The summed E-state index contributed by atoms with van der Waals surface area (Å²) in [4.78, 5) is 0.456. The summed E-state index contributed by atoms with van der Waals surface area (Å²) in [5.74, 6) is 0. The van der Waals surface area contributed by atoms with Crippen LogP contribution in [-0.4, -0.2) is 0 Å². The molecule has 1 aromatic carbocycles. The largest absolute Gasteiger partial charge is 0.0842 e. The molecule has 0 aliphatic heterocycles. The molecule has 0 aliphatic rings. The minimum absolute atomic E-state index is 0.456. The van der Waals surface area contributed by atoms with Crippen molar-refractivity contribution in [2.24, 2.45) is 0 Å². The van der Waals surface area contributed by atoms with Crippen LogP contribution in [0, 0.1) is 10.5 Å². The number of alkyl halides is 1. The van der Waals surface area contributed by atoms with Crippen molar-refractivity contribution in [1.29, 1.82) is 0 Å². The zero-order valence-electron chi connectivity index (χ0n) is 6.57. The first kappa shape index (κ1) is 9.52. The van der Waals surface area contributed by atoms with Crippen LogP contribution in [0.1, 0.15) is 22.9 Å². The van der Waals surface area contributed by atoms with E-state index < -0.39 is 0 Å². The Bertz CT molecular complexity index is 256. The van der Waals surface area contributed by atoms with Crippen LogP contribution >= 0.6 is 38.5 Å². The first-order chi connectivity index (χ1) is 5.11. The van der Waals surface area contributed by atoms with Gasteiger partial charge in [0.05, 0.1) is 0 Å². The summed E-state index contributed by atoms with van der Waals surface area (Å²) in [5, 5.41) is 0. The Hall–Kier alpha value is 0.430. The number of halogens is 2. The van der Waals surface area contributed by atoms with Gasteiger partial charge in [-0.2, -0.15) is 0 Å². The predicted octanol–water partition coefficient (Wildman–Crippen LogP) is 4.06. The lowest BCUT2D eigenvalue weighted by atomic mass is 10.1. The van der Waals surface area contributed by atoms with E-state index in [1.54, 1.807) is 0 Å². The molecule has 0 saturated heterocycles. The molecule has 0 amide bonds. The van der Waals surface area contributed by atoms with E-state index in [-0.39, 0.29) is 0 Å². The molecule has 0 aromatic heterocycles. The maximum atomic E-state index is 3.56. The molecule has 60 valence electrons. The Kier molecular flexibility index (Phi) is 3.37. The lowest BCUT2D eigenvalue weighted by Crippen LogP contribution is -1.89. The van der Waals surface area contributed by atoms with Gasteiger partial charge in [-0.1, -0.05) is 22.0 Å². The number of hydrogen-bond donors (Lipinski definition) is 0. The number of benzene rings is 1.